The fraction of sp³-hybridized carbons (Fsp3) is 0.273. The maximum absolute atomic E-state index is 8.75. The van der Waals surface area contributed by atoms with E-state index in [4.69, 9.17) is 10.5 Å². The molecule has 1 aromatic rings. The van der Waals surface area contributed by atoms with E-state index in [1.165, 1.54) is 0 Å². The third-order valence-corrected chi connectivity index (χ3v) is 1.91. The number of nitriles is 2. The van der Waals surface area contributed by atoms with Crippen molar-refractivity contribution in [2.45, 2.75) is 6.92 Å². The molecule has 0 aliphatic heterocycles. The van der Waals surface area contributed by atoms with E-state index in [2.05, 4.69) is 5.32 Å². The summed E-state index contributed by atoms with van der Waals surface area (Å²) in [6.45, 7) is 1.95. The normalized spacial score (nSPS) is 9.93. The molecule has 1 aromatic carbocycles. The van der Waals surface area contributed by atoms with Gasteiger partial charge < -0.3 is 5.32 Å². The molecule has 14 heavy (non-hydrogen) atoms. The van der Waals surface area contributed by atoms with Crippen LogP contribution in [0.25, 0.3) is 0 Å². The highest BCUT2D eigenvalue weighted by atomic mass is 14.9. The first-order valence-corrected chi connectivity index (χ1v) is 4.32. The lowest BCUT2D eigenvalue weighted by Gasteiger charge is -2.13. The molecule has 1 N–H and O–H groups in total. The molecule has 1 rings (SSSR count). The Hall–Kier alpha value is -2.00. The summed E-state index contributed by atoms with van der Waals surface area (Å²) in [5.41, 5.74) is -0.0419. The smallest absolute Gasteiger partial charge is 0.158 e. The van der Waals surface area contributed by atoms with Crippen LogP contribution >= 0.6 is 0 Å². The zero-order valence-electron chi connectivity index (χ0n) is 7.99. The number of hydrogen-bond donors (Lipinski definition) is 1. The predicted molar refractivity (Wildman–Crippen MR) is 54.3 cm³/mol. The molecule has 0 saturated heterocycles. The van der Waals surface area contributed by atoms with Crippen LogP contribution in [0.3, 0.4) is 0 Å². The molecular formula is C11H11N3. The number of hydrogen-bond acceptors (Lipinski definition) is 3. The van der Waals surface area contributed by atoms with E-state index in [1.807, 2.05) is 42.5 Å². The molecule has 0 aliphatic rings. The van der Waals surface area contributed by atoms with Crippen LogP contribution in [0.5, 0.6) is 0 Å². The number of nitrogens with zero attached hydrogens (tertiary/aromatic N) is 2. The van der Waals surface area contributed by atoms with Gasteiger partial charge in [0.05, 0.1) is 12.1 Å². The third kappa shape index (κ3) is 2.50. The Bertz CT molecular complexity index is 356. The second-order valence-corrected chi connectivity index (χ2v) is 3.28. The van der Waals surface area contributed by atoms with Crippen LogP contribution in [0.2, 0.25) is 0 Å². The first-order valence-electron chi connectivity index (χ1n) is 4.32. The molecule has 0 atom stereocenters. The molecule has 0 radical (unpaired) electrons. The van der Waals surface area contributed by atoms with E-state index in [1.54, 1.807) is 6.92 Å². The summed E-state index contributed by atoms with van der Waals surface area (Å²) in [4.78, 5) is 0. The third-order valence-electron chi connectivity index (χ3n) is 1.91. The van der Waals surface area contributed by atoms with Gasteiger partial charge in [0.2, 0.25) is 0 Å². The van der Waals surface area contributed by atoms with Crippen molar-refractivity contribution >= 4 is 5.69 Å². The predicted octanol–water partition coefficient (Wildman–Crippen LogP) is 2.15. The summed E-state index contributed by atoms with van der Waals surface area (Å²) in [6.07, 6.45) is 0. The highest BCUT2D eigenvalue weighted by Crippen LogP contribution is 2.14. The molecule has 70 valence electrons. The number of nitrogens with one attached hydrogen (secondary N) is 1. The molecule has 0 fully saturated rings. The zero-order valence-corrected chi connectivity index (χ0v) is 7.99. The van der Waals surface area contributed by atoms with E-state index in [9.17, 15) is 0 Å². The summed E-state index contributed by atoms with van der Waals surface area (Å²) >= 11 is 0. The van der Waals surface area contributed by atoms with Gasteiger partial charge in [-0.15, -0.1) is 0 Å². The van der Waals surface area contributed by atoms with Crippen LogP contribution in [0.15, 0.2) is 30.3 Å². The number of anilines is 1. The van der Waals surface area contributed by atoms with Crippen molar-refractivity contribution in [3.05, 3.63) is 30.3 Å². The Kier molecular flexibility index (Phi) is 3.09. The average molecular weight is 185 g/mol. The highest BCUT2D eigenvalue weighted by molar-refractivity contribution is 5.43. The molecule has 0 spiro atoms. The first kappa shape index (κ1) is 10.1. The van der Waals surface area contributed by atoms with Crippen LogP contribution in [0.4, 0.5) is 5.69 Å². The number of benzene rings is 1. The Morgan fingerprint density at radius 2 is 1.79 bits per heavy atom. The van der Waals surface area contributed by atoms with E-state index in [-0.39, 0.29) is 0 Å². The lowest BCUT2D eigenvalue weighted by atomic mass is 9.95. The van der Waals surface area contributed by atoms with E-state index in [0.29, 0.717) is 6.54 Å². The van der Waals surface area contributed by atoms with Crippen molar-refractivity contribution < 1.29 is 0 Å². The molecular weight excluding hydrogens is 174 g/mol. The van der Waals surface area contributed by atoms with Gasteiger partial charge in [-0.2, -0.15) is 10.5 Å². The summed E-state index contributed by atoms with van der Waals surface area (Å²) < 4.78 is 0. The Morgan fingerprint density at radius 1 is 1.21 bits per heavy atom. The lowest BCUT2D eigenvalue weighted by molar-refractivity contribution is 0.620. The summed E-state index contributed by atoms with van der Waals surface area (Å²) in [5, 5.41) is 20.5. The fourth-order valence-corrected chi connectivity index (χ4v) is 0.939. The lowest BCUT2D eigenvalue weighted by Crippen LogP contribution is -2.22. The summed E-state index contributed by atoms with van der Waals surface area (Å²) in [6, 6.07) is 13.5. The van der Waals surface area contributed by atoms with E-state index < -0.39 is 5.41 Å². The second kappa shape index (κ2) is 4.30. The van der Waals surface area contributed by atoms with Gasteiger partial charge in [-0.25, -0.2) is 0 Å². The molecule has 0 aromatic heterocycles. The second-order valence-electron chi connectivity index (χ2n) is 3.28. The SMILES string of the molecule is CC(C#N)(C#N)CNc1ccccc1. The largest absolute Gasteiger partial charge is 0.382 e. The molecule has 3 heteroatoms. The zero-order chi connectivity index (χ0) is 10.4. The molecule has 0 unspecified atom stereocenters. The Labute approximate surface area is 83.6 Å². The Balaban J connectivity index is 2.59. The summed E-state index contributed by atoms with van der Waals surface area (Å²) in [5.74, 6) is 0. The van der Waals surface area contributed by atoms with Crippen molar-refractivity contribution in [2.24, 2.45) is 5.41 Å². The summed E-state index contributed by atoms with van der Waals surface area (Å²) in [7, 11) is 0. The molecule has 3 nitrogen and oxygen atoms in total. The van der Waals surface area contributed by atoms with Crippen LogP contribution < -0.4 is 5.32 Å². The average Bonchev–Trinajstić information content (AvgIpc) is 2.27. The van der Waals surface area contributed by atoms with Crippen LogP contribution in [0, 0.1) is 28.1 Å². The van der Waals surface area contributed by atoms with Crippen molar-refractivity contribution in [1.82, 2.24) is 0 Å². The molecule has 0 heterocycles. The number of rotatable bonds is 3. The monoisotopic (exact) mass is 185 g/mol. The van der Waals surface area contributed by atoms with E-state index in [0.717, 1.165) is 5.69 Å². The van der Waals surface area contributed by atoms with Crippen molar-refractivity contribution in [1.29, 1.82) is 10.5 Å². The molecule has 0 aliphatic carbocycles. The van der Waals surface area contributed by atoms with Gasteiger partial charge in [0.15, 0.2) is 5.41 Å². The van der Waals surface area contributed by atoms with Gasteiger partial charge in [-0.05, 0) is 19.1 Å². The maximum Gasteiger partial charge on any atom is 0.158 e. The van der Waals surface area contributed by atoms with Gasteiger partial charge in [0.1, 0.15) is 0 Å². The minimum Gasteiger partial charge on any atom is -0.382 e. The number of para-hydroxylation sites is 1. The van der Waals surface area contributed by atoms with Crippen molar-refractivity contribution in [2.75, 3.05) is 11.9 Å². The van der Waals surface area contributed by atoms with Gasteiger partial charge in [-0.1, -0.05) is 18.2 Å². The first-order chi connectivity index (χ1) is 6.70. The maximum atomic E-state index is 8.75. The topological polar surface area (TPSA) is 59.6 Å². The van der Waals surface area contributed by atoms with Crippen molar-refractivity contribution in [3.63, 3.8) is 0 Å². The van der Waals surface area contributed by atoms with Gasteiger partial charge in [0.25, 0.3) is 0 Å². The van der Waals surface area contributed by atoms with Crippen molar-refractivity contribution in [3.8, 4) is 12.1 Å². The van der Waals surface area contributed by atoms with Gasteiger partial charge >= 0.3 is 0 Å². The fourth-order valence-electron chi connectivity index (χ4n) is 0.939. The minimum atomic E-state index is -0.962. The standard InChI is InChI=1S/C11H11N3/c1-11(7-12,8-13)9-14-10-5-3-2-4-6-10/h2-6,14H,9H2,1H3. The van der Waals surface area contributed by atoms with E-state index >= 15 is 0 Å². The highest BCUT2D eigenvalue weighted by Gasteiger charge is 2.22. The molecule has 0 saturated carbocycles. The van der Waals surface area contributed by atoms with Crippen LogP contribution in [0.1, 0.15) is 6.92 Å². The molecule has 0 bridgehead atoms. The quantitative estimate of drug-likeness (QED) is 0.784. The van der Waals surface area contributed by atoms with Crippen LogP contribution in [-0.2, 0) is 0 Å². The van der Waals surface area contributed by atoms with Gasteiger partial charge in [-0.3, -0.25) is 0 Å². The molecule has 0 amide bonds. The Morgan fingerprint density at radius 3 is 2.29 bits per heavy atom. The minimum absolute atomic E-state index is 0.337. The van der Waals surface area contributed by atoms with Crippen LogP contribution in [-0.4, -0.2) is 6.54 Å². The van der Waals surface area contributed by atoms with Gasteiger partial charge in [0, 0.05) is 12.2 Å².